The van der Waals surface area contributed by atoms with Crippen molar-refractivity contribution >= 4 is 21.8 Å². The molecule has 3 heteroatoms. The van der Waals surface area contributed by atoms with Gasteiger partial charge in [-0.15, -0.1) is 0 Å². The van der Waals surface area contributed by atoms with Crippen LogP contribution in [0.15, 0.2) is 115 Å². The van der Waals surface area contributed by atoms with Gasteiger partial charge in [-0.2, -0.15) is 10.5 Å². The Kier molecular flexibility index (Phi) is 4.88. The van der Waals surface area contributed by atoms with Crippen molar-refractivity contribution in [2.75, 3.05) is 0 Å². The van der Waals surface area contributed by atoms with Gasteiger partial charge in [0.1, 0.15) is 0 Å². The Bertz CT molecular complexity index is 1660. The lowest BCUT2D eigenvalue weighted by molar-refractivity contribution is 1.18. The van der Waals surface area contributed by atoms with Crippen LogP contribution in [0.4, 0.5) is 0 Å². The minimum atomic E-state index is 0.639. The molecule has 1 heterocycles. The zero-order valence-corrected chi connectivity index (χ0v) is 18.8. The summed E-state index contributed by atoms with van der Waals surface area (Å²) in [5, 5.41) is 20.9. The van der Waals surface area contributed by atoms with Gasteiger partial charge in [-0.25, -0.2) is 0 Å². The molecule has 0 N–H and O–H groups in total. The predicted octanol–water partition coefficient (Wildman–Crippen LogP) is 7.86. The van der Waals surface area contributed by atoms with E-state index in [0.717, 1.165) is 39.0 Å². The Hall–Kier alpha value is -5.12. The van der Waals surface area contributed by atoms with Crippen molar-refractivity contribution in [3.63, 3.8) is 0 Å². The van der Waals surface area contributed by atoms with Gasteiger partial charge in [0.25, 0.3) is 0 Å². The number of benzene rings is 5. The molecule has 0 bridgehead atoms. The first kappa shape index (κ1) is 20.5. The molecule has 6 rings (SSSR count). The second-order valence-electron chi connectivity index (χ2n) is 8.52. The minimum Gasteiger partial charge on any atom is -0.309 e. The molecule has 6 aromatic rings. The Morgan fingerprint density at radius 1 is 0.457 bits per heavy atom. The molecule has 0 radical (unpaired) electrons. The Morgan fingerprint density at radius 3 is 1.31 bits per heavy atom. The third-order valence-corrected chi connectivity index (χ3v) is 6.45. The van der Waals surface area contributed by atoms with Crippen molar-refractivity contribution in [1.82, 2.24) is 4.57 Å². The quantitative estimate of drug-likeness (QED) is 0.278. The second kappa shape index (κ2) is 8.34. The Balaban J connectivity index is 1.64. The number of hydrogen-bond donors (Lipinski definition) is 0. The first-order chi connectivity index (χ1) is 17.2. The van der Waals surface area contributed by atoms with E-state index in [0.29, 0.717) is 11.1 Å². The molecule has 0 saturated carbocycles. The monoisotopic (exact) mass is 445 g/mol. The molecule has 0 aliphatic heterocycles. The SMILES string of the molecule is N#Cc1ccc(-c2cc(-c3ccc(C#N)cc3)cc(-n3c4ccccc4c4ccccc43)c2)cc1. The van der Waals surface area contributed by atoms with Gasteiger partial charge in [0.2, 0.25) is 0 Å². The summed E-state index contributed by atoms with van der Waals surface area (Å²) in [6.45, 7) is 0. The lowest BCUT2D eigenvalue weighted by Crippen LogP contribution is -1.96. The summed E-state index contributed by atoms with van der Waals surface area (Å²) >= 11 is 0. The molecule has 0 fully saturated rings. The van der Waals surface area contributed by atoms with Crippen molar-refractivity contribution in [2.45, 2.75) is 0 Å². The normalized spacial score (nSPS) is 10.8. The highest BCUT2D eigenvalue weighted by Crippen LogP contribution is 2.36. The Morgan fingerprint density at radius 2 is 0.886 bits per heavy atom. The maximum absolute atomic E-state index is 9.23. The van der Waals surface area contributed by atoms with Gasteiger partial charge in [-0.3, -0.25) is 0 Å². The third-order valence-electron chi connectivity index (χ3n) is 6.45. The van der Waals surface area contributed by atoms with Crippen LogP contribution in [0.5, 0.6) is 0 Å². The largest absolute Gasteiger partial charge is 0.309 e. The lowest BCUT2D eigenvalue weighted by Gasteiger charge is -2.14. The molecule has 35 heavy (non-hydrogen) atoms. The summed E-state index contributed by atoms with van der Waals surface area (Å²) in [7, 11) is 0. The van der Waals surface area contributed by atoms with Crippen LogP contribution >= 0.6 is 0 Å². The van der Waals surface area contributed by atoms with Crippen molar-refractivity contribution in [1.29, 1.82) is 10.5 Å². The van der Waals surface area contributed by atoms with Crippen molar-refractivity contribution in [3.05, 3.63) is 126 Å². The second-order valence-corrected chi connectivity index (χ2v) is 8.52. The highest BCUT2D eigenvalue weighted by molar-refractivity contribution is 6.09. The zero-order chi connectivity index (χ0) is 23.8. The number of para-hydroxylation sites is 2. The minimum absolute atomic E-state index is 0.639. The van der Waals surface area contributed by atoms with Gasteiger partial charge in [-0.1, -0.05) is 60.7 Å². The first-order valence-corrected chi connectivity index (χ1v) is 11.4. The summed E-state index contributed by atoms with van der Waals surface area (Å²) in [6, 6.07) is 43.3. The van der Waals surface area contributed by atoms with Crippen LogP contribution in [-0.4, -0.2) is 4.57 Å². The van der Waals surface area contributed by atoms with Crippen LogP contribution in [0.2, 0.25) is 0 Å². The highest BCUT2D eigenvalue weighted by Gasteiger charge is 2.14. The lowest BCUT2D eigenvalue weighted by atomic mass is 9.97. The van der Waals surface area contributed by atoms with E-state index < -0.39 is 0 Å². The molecule has 3 nitrogen and oxygen atoms in total. The van der Waals surface area contributed by atoms with Crippen LogP contribution in [0.3, 0.4) is 0 Å². The fourth-order valence-corrected chi connectivity index (χ4v) is 4.75. The van der Waals surface area contributed by atoms with Gasteiger partial charge in [0.05, 0.1) is 34.3 Å². The van der Waals surface area contributed by atoms with Crippen LogP contribution in [-0.2, 0) is 0 Å². The highest BCUT2D eigenvalue weighted by atomic mass is 15.0. The van der Waals surface area contributed by atoms with Gasteiger partial charge in [-0.05, 0) is 76.9 Å². The molecule has 0 unspecified atom stereocenters. The van der Waals surface area contributed by atoms with E-state index in [-0.39, 0.29) is 0 Å². The number of rotatable bonds is 3. The van der Waals surface area contributed by atoms with Crippen LogP contribution < -0.4 is 0 Å². The average molecular weight is 446 g/mol. The maximum Gasteiger partial charge on any atom is 0.0991 e. The van der Waals surface area contributed by atoms with Crippen molar-refractivity contribution in [2.24, 2.45) is 0 Å². The van der Waals surface area contributed by atoms with Gasteiger partial charge in [0.15, 0.2) is 0 Å². The number of nitriles is 2. The maximum atomic E-state index is 9.23. The van der Waals surface area contributed by atoms with Crippen molar-refractivity contribution in [3.8, 4) is 40.1 Å². The number of aromatic nitrogens is 1. The molecule has 0 spiro atoms. The molecule has 162 valence electrons. The van der Waals surface area contributed by atoms with E-state index in [1.54, 1.807) is 0 Å². The molecule has 0 amide bonds. The molecule has 0 aliphatic rings. The molecular formula is C32H19N3. The van der Waals surface area contributed by atoms with E-state index in [9.17, 15) is 10.5 Å². The van der Waals surface area contributed by atoms with Gasteiger partial charge >= 0.3 is 0 Å². The summed E-state index contributed by atoms with van der Waals surface area (Å²) in [5.74, 6) is 0. The fourth-order valence-electron chi connectivity index (χ4n) is 4.75. The predicted molar refractivity (Wildman–Crippen MR) is 141 cm³/mol. The number of fused-ring (bicyclic) bond motifs is 3. The van der Waals surface area contributed by atoms with E-state index in [4.69, 9.17) is 0 Å². The topological polar surface area (TPSA) is 52.5 Å². The van der Waals surface area contributed by atoms with Gasteiger partial charge < -0.3 is 4.57 Å². The first-order valence-electron chi connectivity index (χ1n) is 11.4. The standard InChI is InChI=1S/C32H19N3/c33-20-22-9-13-24(14-10-22)26-17-27(25-15-11-23(21-34)12-16-25)19-28(18-26)35-31-7-3-1-5-29(31)30-6-2-4-8-32(30)35/h1-19H. The van der Waals surface area contributed by atoms with Gasteiger partial charge in [0, 0.05) is 16.5 Å². The molecular weight excluding hydrogens is 426 g/mol. The average Bonchev–Trinajstić information content (AvgIpc) is 3.27. The third kappa shape index (κ3) is 3.53. The molecule has 0 atom stereocenters. The summed E-state index contributed by atoms with van der Waals surface area (Å²) in [4.78, 5) is 0. The van der Waals surface area contributed by atoms with E-state index in [1.807, 2.05) is 48.5 Å². The number of nitrogens with zero attached hydrogens (tertiary/aromatic N) is 3. The van der Waals surface area contributed by atoms with E-state index in [1.165, 1.54) is 10.8 Å². The van der Waals surface area contributed by atoms with E-state index >= 15 is 0 Å². The molecule has 0 saturated heterocycles. The molecule has 5 aromatic carbocycles. The van der Waals surface area contributed by atoms with Crippen molar-refractivity contribution < 1.29 is 0 Å². The zero-order valence-electron chi connectivity index (χ0n) is 18.8. The summed E-state index contributed by atoms with van der Waals surface area (Å²) in [5.41, 5.74) is 8.85. The smallest absolute Gasteiger partial charge is 0.0991 e. The molecule has 0 aliphatic carbocycles. The number of hydrogen-bond acceptors (Lipinski definition) is 2. The fraction of sp³-hybridized carbons (Fsp3) is 0. The summed E-state index contributed by atoms with van der Waals surface area (Å²) < 4.78 is 2.31. The van der Waals surface area contributed by atoms with Crippen LogP contribution in [0.1, 0.15) is 11.1 Å². The van der Waals surface area contributed by atoms with E-state index in [2.05, 4.69) is 83.4 Å². The summed E-state index contributed by atoms with van der Waals surface area (Å²) in [6.07, 6.45) is 0. The molecule has 1 aromatic heterocycles. The van der Waals surface area contributed by atoms with Crippen LogP contribution in [0.25, 0.3) is 49.7 Å². The van der Waals surface area contributed by atoms with Crippen LogP contribution in [0, 0.1) is 22.7 Å². The Labute approximate surface area is 203 Å².